The van der Waals surface area contributed by atoms with Crippen LogP contribution in [0.1, 0.15) is 25.8 Å². The molecule has 1 atom stereocenters. The van der Waals surface area contributed by atoms with Gasteiger partial charge in [0, 0.05) is 24.0 Å². The third-order valence-electron chi connectivity index (χ3n) is 3.07. The van der Waals surface area contributed by atoms with E-state index in [-0.39, 0.29) is 11.7 Å². The first-order chi connectivity index (χ1) is 9.59. The van der Waals surface area contributed by atoms with Crippen LogP contribution in [-0.4, -0.2) is 31.6 Å². The summed E-state index contributed by atoms with van der Waals surface area (Å²) in [5, 5.41) is 3.18. The Morgan fingerprint density at radius 3 is 2.33 bits per heavy atom. The fourth-order valence-electron chi connectivity index (χ4n) is 2.32. The van der Waals surface area contributed by atoms with Gasteiger partial charge in [0.2, 0.25) is 0 Å². The van der Waals surface area contributed by atoms with Crippen molar-refractivity contribution >= 4 is 11.4 Å². The summed E-state index contributed by atoms with van der Waals surface area (Å²) in [4.78, 5) is 2.02. The van der Waals surface area contributed by atoms with Crippen molar-refractivity contribution < 1.29 is 13.2 Å². The average Bonchev–Trinajstić information content (AvgIpc) is 2.28. The number of alkyl halides is 3. The molecule has 120 valence electrons. The fraction of sp³-hybridized carbons (Fsp3) is 0.600. The predicted octanol–water partition coefficient (Wildman–Crippen LogP) is 3.68. The molecule has 1 aromatic rings. The van der Waals surface area contributed by atoms with Gasteiger partial charge in [-0.1, -0.05) is 13.8 Å². The zero-order valence-electron chi connectivity index (χ0n) is 13.0. The summed E-state index contributed by atoms with van der Waals surface area (Å²) in [6.07, 6.45) is -3.55. The lowest BCUT2D eigenvalue weighted by atomic mass is 10.0. The predicted molar refractivity (Wildman–Crippen MR) is 81.3 cm³/mol. The molecule has 0 aromatic heterocycles. The molecule has 0 saturated heterocycles. The topological polar surface area (TPSA) is 41.3 Å². The minimum atomic E-state index is -4.43. The van der Waals surface area contributed by atoms with E-state index in [1.165, 1.54) is 6.07 Å². The van der Waals surface area contributed by atoms with Crippen LogP contribution in [0.4, 0.5) is 24.5 Å². The number of nitrogen functional groups attached to an aromatic ring is 1. The summed E-state index contributed by atoms with van der Waals surface area (Å²) in [5.41, 5.74) is 4.82. The van der Waals surface area contributed by atoms with Crippen LogP contribution in [0.2, 0.25) is 0 Å². The van der Waals surface area contributed by atoms with Gasteiger partial charge < -0.3 is 16.0 Å². The van der Waals surface area contributed by atoms with E-state index in [1.54, 1.807) is 6.07 Å². The van der Waals surface area contributed by atoms with Gasteiger partial charge in [-0.25, -0.2) is 0 Å². The number of halogens is 3. The number of hydrogen-bond donors (Lipinski definition) is 2. The summed E-state index contributed by atoms with van der Waals surface area (Å²) >= 11 is 0. The molecule has 0 saturated carbocycles. The maximum atomic E-state index is 12.9. The van der Waals surface area contributed by atoms with Crippen LogP contribution in [0.25, 0.3) is 0 Å². The van der Waals surface area contributed by atoms with Gasteiger partial charge in [-0.15, -0.1) is 0 Å². The third kappa shape index (κ3) is 5.83. The molecule has 0 aliphatic carbocycles. The normalized spacial score (nSPS) is 13.8. The van der Waals surface area contributed by atoms with E-state index in [9.17, 15) is 13.2 Å². The summed E-state index contributed by atoms with van der Waals surface area (Å²) in [6, 6.07) is 4.06. The summed E-state index contributed by atoms with van der Waals surface area (Å²) in [5.74, 6) is 0.457. The number of hydrogen-bond acceptors (Lipinski definition) is 3. The lowest BCUT2D eigenvalue weighted by Crippen LogP contribution is -2.33. The lowest BCUT2D eigenvalue weighted by molar-refractivity contribution is -0.136. The molecule has 0 heterocycles. The number of likely N-dealkylation sites (N-methyl/N-ethyl adjacent to an activating group) is 1. The number of nitrogens with two attached hydrogens (primary N) is 1. The van der Waals surface area contributed by atoms with Gasteiger partial charge in [0.1, 0.15) is 0 Å². The smallest absolute Gasteiger partial charge is 0.398 e. The van der Waals surface area contributed by atoms with Crippen LogP contribution in [0, 0.1) is 5.92 Å². The largest absolute Gasteiger partial charge is 0.418 e. The summed E-state index contributed by atoms with van der Waals surface area (Å²) < 4.78 is 38.6. The number of rotatable bonds is 6. The molecule has 0 radical (unpaired) electrons. The van der Waals surface area contributed by atoms with Crippen molar-refractivity contribution in [2.24, 2.45) is 5.92 Å². The van der Waals surface area contributed by atoms with Gasteiger partial charge in [-0.2, -0.15) is 13.2 Å². The Labute approximate surface area is 124 Å². The van der Waals surface area contributed by atoms with Crippen molar-refractivity contribution in [2.75, 3.05) is 31.7 Å². The highest BCUT2D eigenvalue weighted by Gasteiger charge is 2.33. The van der Waals surface area contributed by atoms with Crippen LogP contribution in [0.15, 0.2) is 18.2 Å². The first-order valence-electron chi connectivity index (χ1n) is 6.97. The van der Waals surface area contributed by atoms with Gasteiger partial charge in [0.15, 0.2) is 0 Å². The number of nitrogens with one attached hydrogen (secondary N) is 1. The Kier molecular flexibility index (Phi) is 5.89. The van der Waals surface area contributed by atoms with E-state index >= 15 is 0 Å². The van der Waals surface area contributed by atoms with Crippen molar-refractivity contribution in [1.82, 2.24) is 4.90 Å². The van der Waals surface area contributed by atoms with Crippen molar-refractivity contribution in [1.29, 1.82) is 0 Å². The molecule has 0 aliphatic rings. The lowest BCUT2D eigenvalue weighted by Gasteiger charge is -2.25. The maximum absolute atomic E-state index is 12.9. The minimum Gasteiger partial charge on any atom is -0.398 e. The van der Waals surface area contributed by atoms with Crippen LogP contribution >= 0.6 is 0 Å². The second-order valence-electron chi connectivity index (χ2n) is 6.03. The van der Waals surface area contributed by atoms with E-state index in [0.29, 0.717) is 11.6 Å². The second kappa shape index (κ2) is 7.02. The van der Waals surface area contributed by atoms with Gasteiger partial charge in [-0.05, 0) is 44.6 Å². The Balaban J connectivity index is 2.93. The third-order valence-corrected chi connectivity index (χ3v) is 3.07. The van der Waals surface area contributed by atoms with Crippen molar-refractivity contribution in [3.63, 3.8) is 0 Å². The van der Waals surface area contributed by atoms with Gasteiger partial charge in [0.25, 0.3) is 0 Å². The molecule has 0 amide bonds. The van der Waals surface area contributed by atoms with Crippen LogP contribution < -0.4 is 11.1 Å². The second-order valence-corrected chi connectivity index (χ2v) is 6.03. The molecule has 1 aromatic carbocycles. The molecule has 6 heteroatoms. The number of benzene rings is 1. The molecule has 21 heavy (non-hydrogen) atoms. The Hall–Kier alpha value is -1.43. The maximum Gasteiger partial charge on any atom is 0.418 e. The molecular weight excluding hydrogens is 279 g/mol. The van der Waals surface area contributed by atoms with Crippen molar-refractivity contribution in [3.05, 3.63) is 23.8 Å². The molecule has 3 nitrogen and oxygen atoms in total. The van der Waals surface area contributed by atoms with Gasteiger partial charge in [-0.3, -0.25) is 0 Å². The van der Waals surface area contributed by atoms with Crippen LogP contribution in [0.3, 0.4) is 0 Å². The number of nitrogens with zero attached hydrogens (tertiary/aromatic N) is 1. The van der Waals surface area contributed by atoms with Crippen molar-refractivity contribution in [3.8, 4) is 0 Å². The zero-order valence-corrected chi connectivity index (χ0v) is 13.0. The highest BCUT2D eigenvalue weighted by Crippen LogP contribution is 2.35. The Morgan fingerprint density at radius 1 is 1.24 bits per heavy atom. The quantitative estimate of drug-likeness (QED) is 0.788. The highest BCUT2D eigenvalue weighted by atomic mass is 19.4. The van der Waals surface area contributed by atoms with Gasteiger partial charge in [0.05, 0.1) is 5.56 Å². The first-order valence-corrected chi connectivity index (χ1v) is 6.97. The SMILES string of the molecule is CC(C)CC(CN(C)C)Nc1ccc(N)c(C(F)(F)F)c1. The Bertz CT molecular complexity index is 446. The monoisotopic (exact) mass is 303 g/mol. The van der Waals surface area contributed by atoms with Crippen LogP contribution in [-0.2, 0) is 6.18 Å². The Morgan fingerprint density at radius 2 is 1.86 bits per heavy atom. The molecule has 1 rings (SSSR count). The molecular formula is C15H24F3N3. The fourth-order valence-corrected chi connectivity index (χ4v) is 2.32. The highest BCUT2D eigenvalue weighted by molar-refractivity contribution is 5.58. The van der Waals surface area contributed by atoms with E-state index in [0.717, 1.165) is 19.0 Å². The van der Waals surface area contributed by atoms with E-state index in [1.807, 2.05) is 19.0 Å². The standard InChI is InChI=1S/C15H24F3N3/c1-10(2)7-12(9-21(3)4)20-11-5-6-14(19)13(8-11)15(16,17)18/h5-6,8,10,12,20H,7,9,19H2,1-4H3. The molecule has 0 spiro atoms. The molecule has 0 bridgehead atoms. The molecule has 0 aliphatic heterocycles. The summed E-state index contributed by atoms with van der Waals surface area (Å²) in [6.45, 7) is 4.94. The first kappa shape index (κ1) is 17.6. The molecule has 3 N–H and O–H groups in total. The van der Waals surface area contributed by atoms with Crippen LogP contribution in [0.5, 0.6) is 0 Å². The van der Waals surface area contributed by atoms with E-state index in [4.69, 9.17) is 5.73 Å². The zero-order chi connectivity index (χ0) is 16.2. The molecule has 1 unspecified atom stereocenters. The number of anilines is 2. The van der Waals surface area contributed by atoms with E-state index in [2.05, 4.69) is 19.2 Å². The molecule has 0 fully saturated rings. The van der Waals surface area contributed by atoms with Gasteiger partial charge >= 0.3 is 6.18 Å². The average molecular weight is 303 g/mol. The summed E-state index contributed by atoms with van der Waals surface area (Å²) in [7, 11) is 3.89. The van der Waals surface area contributed by atoms with Crippen molar-refractivity contribution in [2.45, 2.75) is 32.5 Å². The van der Waals surface area contributed by atoms with E-state index < -0.39 is 11.7 Å². The minimum absolute atomic E-state index is 0.0877.